The van der Waals surface area contributed by atoms with Crippen LogP contribution in [0.25, 0.3) is 11.4 Å². The normalized spacial score (nSPS) is 10.6. The fourth-order valence-electron chi connectivity index (χ4n) is 2.22. The van der Waals surface area contributed by atoms with Gasteiger partial charge in [-0.2, -0.15) is 4.98 Å². The van der Waals surface area contributed by atoms with Gasteiger partial charge in [-0.3, -0.25) is 0 Å². The number of para-hydroxylation sites is 1. The molecule has 0 aliphatic rings. The molecule has 0 saturated heterocycles. The molecular weight excluding hydrogens is 343 g/mol. The molecule has 0 aliphatic heterocycles. The van der Waals surface area contributed by atoms with Crippen LogP contribution in [-0.2, 0) is 11.3 Å². The summed E-state index contributed by atoms with van der Waals surface area (Å²) >= 11 is 0. The van der Waals surface area contributed by atoms with E-state index in [-0.39, 0.29) is 41.2 Å². The first-order chi connectivity index (χ1) is 12.5. The Kier molecular flexibility index (Phi) is 4.83. The Morgan fingerprint density at radius 1 is 1.31 bits per heavy atom. The molecule has 0 aliphatic carbocycles. The molecular formula is C18H15FN2O5. The number of phenolic OH excluding ortho intramolecular Hbond substituents is 1. The van der Waals surface area contributed by atoms with Crippen molar-refractivity contribution in [2.24, 2.45) is 0 Å². The SMILES string of the molecule is COc1cccc(C(=O)OCc2nc(-c3ccc(C)c(F)c3)no2)c1O. The summed E-state index contributed by atoms with van der Waals surface area (Å²) in [6.07, 6.45) is 0. The molecule has 1 heterocycles. The fourth-order valence-corrected chi connectivity index (χ4v) is 2.22. The number of halogens is 1. The zero-order valence-corrected chi connectivity index (χ0v) is 14.0. The molecule has 2 aromatic carbocycles. The number of hydrogen-bond donors (Lipinski definition) is 1. The van der Waals surface area contributed by atoms with Gasteiger partial charge in [0.05, 0.1) is 7.11 Å². The van der Waals surface area contributed by atoms with Crippen LogP contribution in [0.3, 0.4) is 0 Å². The van der Waals surface area contributed by atoms with Gasteiger partial charge >= 0.3 is 5.97 Å². The average molecular weight is 358 g/mol. The molecule has 8 heteroatoms. The van der Waals surface area contributed by atoms with Crippen LogP contribution in [0, 0.1) is 12.7 Å². The molecule has 0 unspecified atom stereocenters. The molecule has 26 heavy (non-hydrogen) atoms. The van der Waals surface area contributed by atoms with Crippen molar-refractivity contribution in [1.29, 1.82) is 0 Å². The summed E-state index contributed by atoms with van der Waals surface area (Å²) < 4.78 is 28.6. The smallest absolute Gasteiger partial charge is 0.342 e. The number of carbonyl (C=O) groups excluding carboxylic acids is 1. The maximum Gasteiger partial charge on any atom is 0.342 e. The van der Waals surface area contributed by atoms with Crippen molar-refractivity contribution in [2.45, 2.75) is 13.5 Å². The van der Waals surface area contributed by atoms with Crippen LogP contribution in [0.1, 0.15) is 21.8 Å². The number of aryl methyl sites for hydroxylation is 1. The first-order valence-corrected chi connectivity index (χ1v) is 7.62. The van der Waals surface area contributed by atoms with Crippen molar-refractivity contribution in [3.05, 3.63) is 59.2 Å². The Hall–Kier alpha value is -3.42. The molecule has 1 N–H and O–H groups in total. The number of phenols is 1. The van der Waals surface area contributed by atoms with E-state index in [1.54, 1.807) is 25.1 Å². The standard InChI is InChI=1S/C18H15FN2O5/c1-10-6-7-11(8-13(10)19)17-20-15(26-21-17)9-25-18(23)12-4-3-5-14(24-2)16(12)22/h3-8,22H,9H2,1-2H3. The van der Waals surface area contributed by atoms with E-state index in [2.05, 4.69) is 10.1 Å². The van der Waals surface area contributed by atoms with Gasteiger partial charge in [0.2, 0.25) is 5.82 Å². The number of aromatic nitrogens is 2. The highest BCUT2D eigenvalue weighted by molar-refractivity contribution is 5.93. The topological polar surface area (TPSA) is 94.7 Å². The average Bonchev–Trinajstić information content (AvgIpc) is 3.11. The largest absolute Gasteiger partial charge is 0.504 e. The Morgan fingerprint density at radius 2 is 2.12 bits per heavy atom. The van der Waals surface area contributed by atoms with Crippen LogP contribution in [0.15, 0.2) is 40.9 Å². The number of esters is 1. The first-order valence-electron chi connectivity index (χ1n) is 7.62. The molecule has 3 rings (SSSR count). The lowest BCUT2D eigenvalue weighted by atomic mass is 10.1. The number of hydrogen-bond acceptors (Lipinski definition) is 7. The van der Waals surface area contributed by atoms with Gasteiger partial charge in [-0.05, 0) is 30.7 Å². The highest BCUT2D eigenvalue weighted by Gasteiger charge is 2.18. The summed E-state index contributed by atoms with van der Waals surface area (Å²) in [5.74, 6) is -1.10. The van der Waals surface area contributed by atoms with Crippen LogP contribution in [-0.4, -0.2) is 28.3 Å². The first kappa shape index (κ1) is 17.4. The predicted octanol–water partition coefficient (Wildman–Crippen LogP) is 3.26. The third-order valence-corrected chi connectivity index (χ3v) is 3.66. The van der Waals surface area contributed by atoms with Crippen molar-refractivity contribution < 1.29 is 28.3 Å². The number of methoxy groups -OCH3 is 1. The highest BCUT2D eigenvalue weighted by atomic mass is 19.1. The Bertz CT molecular complexity index is 955. The minimum atomic E-state index is -0.775. The van der Waals surface area contributed by atoms with Gasteiger partial charge in [0.1, 0.15) is 11.4 Å². The van der Waals surface area contributed by atoms with Gasteiger partial charge in [0, 0.05) is 5.56 Å². The van der Waals surface area contributed by atoms with E-state index in [1.165, 1.54) is 25.3 Å². The summed E-state index contributed by atoms with van der Waals surface area (Å²) in [4.78, 5) is 16.2. The number of aromatic hydroxyl groups is 1. The summed E-state index contributed by atoms with van der Waals surface area (Å²) in [5, 5.41) is 13.7. The summed E-state index contributed by atoms with van der Waals surface area (Å²) in [6, 6.07) is 9.02. The number of benzene rings is 2. The molecule has 134 valence electrons. The molecule has 0 fully saturated rings. The minimum absolute atomic E-state index is 0.0386. The highest BCUT2D eigenvalue weighted by Crippen LogP contribution is 2.30. The third-order valence-electron chi connectivity index (χ3n) is 3.66. The summed E-state index contributed by atoms with van der Waals surface area (Å²) in [7, 11) is 1.37. The quantitative estimate of drug-likeness (QED) is 0.700. The van der Waals surface area contributed by atoms with Gasteiger partial charge < -0.3 is 19.1 Å². The van der Waals surface area contributed by atoms with E-state index in [4.69, 9.17) is 14.0 Å². The molecule has 0 bridgehead atoms. The molecule has 0 atom stereocenters. The Morgan fingerprint density at radius 3 is 2.85 bits per heavy atom. The second-order valence-corrected chi connectivity index (χ2v) is 5.41. The zero-order chi connectivity index (χ0) is 18.7. The van der Waals surface area contributed by atoms with E-state index in [1.807, 2.05) is 0 Å². The van der Waals surface area contributed by atoms with Crippen molar-refractivity contribution in [3.8, 4) is 22.9 Å². The van der Waals surface area contributed by atoms with Crippen molar-refractivity contribution in [2.75, 3.05) is 7.11 Å². The van der Waals surface area contributed by atoms with Gasteiger partial charge in [0.15, 0.2) is 18.1 Å². The third kappa shape index (κ3) is 3.49. The van der Waals surface area contributed by atoms with Gasteiger partial charge in [0.25, 0.3) is 5.89 Å². The van der Waals surface area contributed by atoms with Crippen molar-refractivity contribution >= 4 is 5.97 Å². The van der Waals surface area contributed by atoms with Gasteiger partial charge in [-0.25, -0.2) is 9.18 Å². The number of carbonyl (C=O) groups is 1. The molecule has 0 saturated carbocycles. The monoisotopic (exact) mass is 358 g/mol. The molecule has 0 radical (unpaired) electrons. The molecule has 0 spiro atoms. The van der Waals surface area contributed by atoms with E-state index in [9.17, 15) is 14.3 Å². The lowest BCUT2D eigenvalue weighted by Gasteiger charge is -2.07. The van der Waals surface area contributed by atoms with Crippen LogP contribution in [0.5, 0.6) is 11.5 Å². The van der Waals surface area contributed by atoms with Crippen LogP contribution in [0.2, 0.25) is 0 Å². The number of ether oxygens (including phenoxy) is 2. The summed E-state index contributed by atoms with van der Waals surface area (Å²) in [5.41, 5.74) is 0.897. The second kappa shape index (κ2) is 7.22. The predicted molar refractivity (Wildman–Crippen MR) is 88.2 cm³/mol. The lowest BCUT2D eigenvalue weighted by molar-refractivity contribution is 0.0426. The van der Waals surface area contributed by atoms with Crippen LogP contribution >= 0.6 is 0 Å². The van der Waals surface area contributed by atoms with E-state index < -0.39 is 5.97 Å². The minimum Gasteiger partial charge on any atom is -0.504 e. The van der Waals surface area contributed by atoms with Gasteiger partial charge in [-0.15, -0.1) is 0 Å². The van der Waals surface area contributed by atoms with Crippen molar-refractivity contribution in [1.82, 2.24) is 10.1 Å². The van der Waals surface area contributed by atoms with Gasteiger partial charge in [-0.1, -0.05) is 23.4 Å². The fraction of sp³-hybridized carbons (Fsp3) is 0.167. The van der Waals surface area contributed by atoms with E-state index in [0.717, 1.165) is 0 Å². The molecule has 3 aromatic rings. The van der Waals surface area contributed by atoms with E-state index >= 15 is 0 Å². The molecule has 0 amide bonds. The Balaban J connectivity index is 1.70. The number of rotatable bonds is 5. The maximum atomic E-state index is 13.6. The zero-order valence-electron chi connectivity index (χ0n) is 14.0. The Labute approximate surface area is 148 Å². The second-order valence-electron chi connectivity index (χ2n) is 5.41. The van der Waals surface area contributed by atoms with E-state index in [0.29, 0.717) is 11.1 Å². The van der Waals surface area contributed by atoms with Crippen LogP contribution in [0.4, 0.5) is 4.39 Å². The molecule has 1 aromatic heterocycles. The molecule has 7 nitrogen and oxygen atoms in total. The maximum absolute atomic E-state index is 13.6. The van der Waals surface area contributed by atoms with Crippen LogP contribution < -0.4 is 4.74 Å². The lowest BCUT2D eigenvalue weighted by Crippen LogP contribution is -2.06. The number of nitrogens with zero attached hydrogens (tertiary/aromatic N) is 2. The van der Waals surface area contributed by atoms with Crippen molar-refractivity contribution in [3.63, 3.8) is 0 Å². The summed E-state index contributed by atoms with van der Waals surface area (Å²) in [6.45, 7) is 1.35.